The first kappa shape index (κ1) is 17.3. The van der Waals surface area contributed by atoms with Crippen molar-refractivity contribution < 1.29 is 22.8 Å². The monoisotopic (exact) mass is 368 g/mol. The third-order valence-electron chi connectivity index (χ3n) is 3.93. The van der Waals surface area contributed by atoms with Crippen LogP contribution in [0.25, 0.3) is 0 Å². The lowest BCUT2D eigenvalue weighted by molar-refractivity contribution is -0.122. The van der Waals surface area contributed by atoms with Gasteiger partial charge in [0.2, 0.25) is 11.8 Å². The van der Waals surface area contributed by atoms with Crippen molar-refractivity contribution in [3.8, 4) is 0 Å². The lowest BCUT2D eigenvalue weighted by atomic mass is 10.1. The molecule has 1 heterocycles. The van der Waals surface area contributed by atoms with Crippen LogP contribution in [0.1, 0.15) is 6.42 Å². The molecule has 2 aromatic rings. The summed E-state index contributed by atoms with van der Waals surface area (Å²) >= 11 is 5.96. The van der Waals surface area contributed by atoms with E-state index in [0.29, 0.717) is 10.7 Å². The number of para-hydroxylation sites is 1. The molecule has 4 nitrogen and oxygen atoms in total. The van der Waals surface area contributed by atoms with Crippen LogP contribution in [0.2, 0.25) is 5.02 Å². The van der Waals surface area contributed by atoms with E-state index in [0.717, 1.165) is 17.0 Å². The van der Waals surface area contributed by atoms with Crippen LogP contribution >= 0.6 is 11.6 Å². The summed E-state index contributed by atoms with van der Waals surface area (Å²) in [4.78, 5) is 25.4. The van der Waals surface area contributed by atoms with Gasteiger partial charge in [-0.05, 0) is 24.3 Å². The summed E-state index contributed by atoms with van der Waals surface area (Å²) in [5.74, 6) is -6.25. The van der Waals surface area contributed by atoms with Gasteiger partial charge in [0.15, 0.2) is 17.5 Å². The number of nitrogens with one attached hydrogen (secondary N) is 1. The number of carbonyl (C=O) groups excluding carboxylic acids is 2. The van der Waals surface area contributed by atoms with Crippen LogP contribution < -0.4 is 10.2 Å². The second kappa shape index (κ2) is 6.76. The van der Waals surface area contributed by atoms with Gasteiger partial charge in [0, 0.05) is 13.0 Å². The quantitative estimate of drug-likeness (QED) is 0.839. The zero-order valence-corrected chi connectivity index (χ0v) is 13.5. The Morgan fingerprint density at radius 1 is 1.12 bits per heavy atom. The van der Waals surface area contributed by atoms with E-state index < -0.39 is 40.9 Å². The summed E-state index contributed by atoms with van der Waals surface area (Å²) in [5.41, 5.74) is -0.00369. The van der Waals surface area contributed by atoms with Crippen LogP contribution in [0.4, 0.5) is 24.5 Å². The Balaban J connectivity index is 1.78. The van der Waals surface area contributed by atoms with Crippen molar-refractivity contribution in [1.29, 1.82) is 0 Å². The van der Waals surface area contributed by atoms with Gasteiger partial charge in [-0.25, -0.2) is 13.2 Å². The molecule has 2 aromatic carbocycles. The Kier molecular flexibility index (Phi) is 4.67. The maximum absolute atomic E-state index is 13.9. The number of benzene rings is 2. The SMILES string of the molecule is O=C(Nc1ccccc1Cl)C1CC(=O)N(c2ccc(F)c(F)c2F)C1. The number of nitrogens with zero attached hydrogens (tertiary/aromatic N) is 1. The Labute approximate surface area is 146 Å². The van der Waals surface area contributed by atoms with E-state index in [1.807, 2.05) is 0 Å². The lowest BCUT2D eigenvalue weighted by Crippen LogP contribution is -2.29. The van der Waals surface area contributed by atoms with Gasteiger partial charge in [0.1, 0.15) is 0 Å². The van der Waals surface area contributed by atoms with Gasteiger partial charge >= 0.3 is 0 Å². The van der Waals surface area contributed by atoms with E-state index in [2.05, 4.69) is 5.32 Å². The molecule has 1 saturated heterocycles. The van der Waals surface area contributed by atoms with Gasteiger partial charge in [-0.1, -0.05) is 23.7 Å². The third kappa shape index (κ3) is 3.32. The first-order chi connectivity index (χ1) is 11.9. The maximum Gasteiger partial charge on any atom is 0.229 e. The molecule has 0 aliphatic carbocycles. The van der Waals surface area contributed by atoms with E-state index in [9.17, 15) is 22.8 Å². The van der Waals surface area contributed by atoms with Gasteiger partial charge in [0.25, 0.3) is 0 Å². The van der Waals surface area contributed by atoms with Crippen molar-refractivity contribution in [2.24, 2.45) is 5.92 Å². The molecule has 25 heavy (non-hydrogen) atoms. The highest BCUT2D eigenvalue weighted by molar-refractivity contribution is 6.33. The van der Waals surface area contributed by atoms with E-state index in [4.69, 9.17) is 11.6 Å². The molecule has 0 radical (unpaired) electrons. The van der Waals surface area contributed by atoms with Crippen LogP contribution in [0, 0.1) is 23.4 Å². The maximum atomic E-state index is 13.9. The summed E-state index contributed by atoms with van der Waals surface area (Å²) in [7, 11) is 0. The number of carbonyl (C=O) groups is 2. The molecule has 1 unspecified atom stereocenters. The minimum Gasteiger partial charge on any atom is -0.324 e. The number of rotatable bonds is 3. The fourth-order valence-electron chi connectivity index (χ4n) is 2.64. The minimum atomic E-state index is -1.66. The number of anilines is 2. The standard InChI is InChI=1S/C17H12ClF3N2O2/c18-10-3-1-2-4-12(10)22-17(25)9-7-14(24)23(8-9)13-6-5-11(19)15(20)16(13)21/h1-6,9H,7-8H2,(H,22,25). The van der Waals surface area contributed by atoms with Crippen LogP contribution in [0.15, 0.2) is 36.4 Å². The number of hydrogen-bond acceptors (Lipinski definition) is 2. The summed E-state index contributed by atoms with van der Waals surface area (Å²) in [5, 5.41) is 2.94. The average Bonchev–Trinajstić information content (AvgIpc) is 2.97. The molecule has 2 amide bonds. The van der Waals surface area contributed by atoms with Crippen LogP contribution in [-0.2, 0) is 9.59 Å². The zero-order valence-electron chi connectivity index (χ0n) is 12.7. The molecule has 0 aromatic heterocycles. The molecule has 1 aliphatic rings. The molecule has 3 rings (SSSR count). The molecule has 1 N–H and O–H groups in total. The molecule has 1 atom stereocenters. The molecule has 0 spiro atoms. The van der Waals surface area contributed by atoms with Crippen molar-refractivity contribution in [2.75, 3.05) is 16.8 Å². The van der Waals surface area contributed by atoms with Crippen molar-refractivity contribution in [2.45, 2.75) is 6.42 Å². The topological polar surface area (TPSA) is 49.4 Å². The Hall–Kier alpha value is -2.54. The van der Waals surface area contributed by atoms with Crippen LogP contribution in [-0.4, -0.2) is 18.4 Å². The molecular weight excluding hydrogens is 357 g/mol. The summed E-state index contributed by atoms with van der Waals surface area (Å²) < 4.78 is 40.3. The van der Waals surface area contributed by atoms with Crippen molar-refractivity contribution in [3.05, 3.63) is 58.9 Å². The number of amides is 2. The molecule has 130 valence electrons. The third-order valence-corrected chi connectivity index (χ3v) is 4.26. The fraction of sp³-hybridized carbons (Fsp3) is 0.176. The summed E-state index contributed by atoms with van der Waals surface area (Å²) in [6.07, 6.45) is -0.172. The molecule has 1 aliphatic heterocycles. The fourth-order valence-corrected chi connectivity index (χ4v) is 2.82. The summed E-state index contributed by atoms with van der Waals surface area (Å²) in [6, 6.07) is 8.29. The average molecular weight is 369 g/mol. The first-order valence-corrected chi connectivity index (χ1v) is 7.75. The number of hydrogen-bond donors (Lipinski definition) is 1. The van der Waals surface area contributed by atoms with E-state index in [1.165, 1.54) is 0 Å². The van der Waals surface area contributed by atoms with Crippen molar-refractivity contribution >= 4 is 34.8 Å². The van der Waals surface area contributed by atoms with Gasteiger partial charge in [0.05, 0.1) is 22.3 Å². The highest BCUT2D eigenvalue weighted by Crippen LogP contribution is 2.30. The van der Waals surface area contributed by atoms with Gasteiger partial charge < -0.3 is 10.2 Å². The Morgan fingerprint density at radius 2 is 1.84 bits per heavy atom. The smallest absolute Gasteiger partial charge is 0.229 e. The number of halogens is 4. The van der Waals surface area contributed by atoms with E-state index >= 15 is 0 Å². The highest BCUT2D eigenvalue weighted by atomic mass is 35.5. The molecule has 1 fully saturated rings. The van der Waals surface area contributed by atoms with Gasteiger partial charge in [-0.2, -0.15) is 0 Å². The molecule has 8 heteroatoms. The van der Waals surface area contributed by atoms with E-state index in [1.54, 1.807) is 24.3 Å². The van der Waals surface area contributed by atoms with Gasteiger partial charge in [-0.15, -0.1) is 0 Å². The van der Waals surface area contributed by atoms with Crippen LogP contribution in [0.3, 0.4) is 0 Å². The Bertz CT molecular complexity index is 860. The predicted octanol–water partition coefficient (Wildman–Crippen LogP) is 3.75. The van der Waals surface area contributed by atoms with Gasteiger partial charge in [-0.3, -0.25) is 9.59 Å². The minimum absolute atomic E-state index is 0.142. The molecule has 0 saturated carbocycles. The zero-order chi connectivity index (χ0) is 18.1. The second-order valence-corrected chi connectivity index (χ2v) is 5.98. The largest absolute Gasteiger partial charge is 0.324 e. The summed E-state index contributed by atoms with van der Waals surface area (Å²) in [6.45, 7) is -0.142. The molecular formula is C17H12ClF3N2O2. The van der Waals surface area contributed by atoms with E-state index in [-0.39, 0.29) is 13.0 Å². The molecule has 0 bridgehead atoms. The van der Waals surface area contributed by atoms with Crippen molar-refractivity contribution in [1.82, 2.24) is 0 Å². The van der Waals surface area contributed by atoms with Crippen molar-refractivity contribution in [3.63, 3.8) is 0 Å². The Morgan fingerprint density at radius 3 is 2.56 bits per heavy atom. The predicted molar refractivity (Wildman–Crippen MR) is 86.9 cm³/mol. The van der Waals surface area contributed by atoms with Crippen LogP contribution in [0.5, 0.6) is 0 Å². The second-order valence-electron chi connectivity index (χ2n) is 5.57. The normalized spacial score (nSPS) is 17.0. The highest BCUT2D eigenvalue weighted by Gasteiger charge is 2.37. The lowest BCUT2D eigenvalue weighted by Gasteiger charge is -2.18. The first-order valence-electron chi connectivity index (χ1n) is 7.37.